The van der Waals surface area contributed by atoms with Gasteiger partial charge in [-0.25, -0.2) is 4.98 Å². The highest BCUT2D eigenvalue weighted by atomic mass is 19.4. The van der Waals surface area contributed by atoms with Crippen LogP contribution in [0.15, 0.2) is 12.4 Å². The van der Waals surface area contributed by atoms with E-state index in [1.807, 2.05) is 0 Å². The topological polar surface area (TPSA) is 67.6 Å². The van der Waals surface area contributed by atoms with Crippen molar-refractivity contribution in [2.24, 2.45) is 7.05 Å². The van der Waals surface area contributed by atoms with E-state index in [0.717, 1.165) is 15.7 Å². The zero-order valence-electron chi connectivity index (χ0n) is 12.7. The highest BCUT2D eigenvalue weighted by molar-refractivity contribution is 5.77. The molecule has 1 rings (SSSR count). The number of amides is 1. The molecule has 0 saturated carbocycles. The van der Waals surface area contributed by atoms with Crippen LogP contribution in [0.4, 0.5) is 13.2 Å². The Bertz CT molecular complexity index is 504. The van der Waals surface area contributed by atoms with E-state index in [9.17, 15) is 23.1 Å². The number of halogens is 3. The van der Waals surface area contributed by atoms with E-state index in [1.165, 1.54) is 27.4 Å². The molecule has 0 aliphatic carbocycles. The lowest BCUT2D eigenvalue weighted by Gasteiger charge is -2.31. The number of aryl methyl sites for hydroxylation is 1. The summed E-state index contributed by atoms with van der Waals surface area (Å²) in [7, 11) is 4.20. The molecule has 1 amide bonds. The average molecular weight is 323 g/mol. The maximum Gasteiger partial charge on any atom is 0.425 e. The van der Waals surface area contributed by atoms with Gasteiger partial charge in [0.25, 0.3) is 0 Å². The summed E-state index contributed by atoms with van der Waals surface area (Å²) in [6.45, 7) is 0.627. The van der Waals surface area contributed by atoms with Gasteiger partial charge in [-0.2, -0.15) is 13.2 Å². The van der Waals surface area contributed by atoms with E-state index in [-0.39, 0.29) is 6.54 Å². The highest BCUT2D eigenvalue weighted by Gasteiger charge is 2.58. The monoisotopic (exact) mass is 323 g/mol. The number of nitrogens with zero attached hydrogens (tertiary/aromatic N) is 3. The number of aliphatic hydroxyl groups is 1. The molecule has 0 aromatic carbocycles. The van der Waals surface area contributed by atoms with Crippen LogP contribution in [0.25, 0.3) is 0 Å². The standard InChI is InChI=1S/C13H20F3N3O3/c1-18(6-4-8-22-3)10(20)9-12(21,13(14,15)16)11-17-5-7-19(11)2/h5,7,21H,4,6,8-9H2,1-3H3. The van der Waals surface area contributed by atoms with Crippen molar-refractivity contribution in [1.29, 1.82) is 0 Å². The molecule has 1 aromatic rings. The second-order valence-electron chi connectivity index (χ2n) is 5.06. The van der Waals surface area contributed by atoms with E-state index in [2.05, 4.69) is 4.98 Å². The van der Waals surface area contributed by atoms with Gasteiger partial charge in [0.1, 0.15) is 0 Å². The summed E-state index contributed by atoms with van der Waals surface area (Å²) in [6.07, 6.45) is -3.23. The number of hydrogen-bond donors (Lipinski definition) is 1. The van der Waals surface area contributed by atoms with Crippen molar-refractivity contribution in [3.05, 3.63) is 18.2 Å². The SMILES string of the molecule is COCCCN(C)C(=O)CC(O)(c1nccn1C)C(F)(F)F. The smallest absolute Gasteiger partial charge is 0.385 e. The number of carbonyl (C=O) groups is 1. The summed E-state index contributed by atoms with van der Waals surface area (Å²) in [5.74, 6) is -1.43. The van der Waals surface area contributed by atoms with Gasteiger partial charge in [0, 0.05) is 46.8 Å². The number of carbonyl (C=O) groups excluding carboxylic acids is 1. The minimum Gasteiger partial charge on any atom is -0.385 e. The van der Waals surface area contributed by atoms with Crippen molar-refractivity contribution in [2.75, 3.05) is 27.3 Å². The lowest BCUT2D eigenvalue weighted by atomic mass is 9.96. The van der Waals surface area contributed by atoms with Crippen molar-refractivity contribution in [3.8, 4) is 0 Å². The lowest BCUT2D eigenvalue weighted by molar-refractivity contribution is -0.271. The molecule has 0 saturated heterocycles. The normalized spacial score (nSPS) is 14.7. The molecule has 0 radical (unpaired) electrons. The minimum atomic E-state index is -5.02. The van der Waals surface area contributed by atoms with Crippen LogP contribution in [0.3, 0.4) is 0 Å². The highest BCUT2D eigenvalue weighted by Crippen LogP contribution is 2.41. The predicted octanol–water partition coefficient (Wildman–Crippen LogP) is 1.05. The molecule has 9 heteroatoms. The Hall–Kier alpha value is -1.61. The van der Waals surface area contributed by atoms with Crippen LogP contribution >= 0.6 is 0 Å². The van der Waals surface area contributed by atoms with Gasteiger partial charge in [-0.15, -0.1) is 0 Å². The Balaban J connectivity index is 2.92. The fraction of sp³-hybridized carbons (Fsp3) is 0.692. The molecule has 0 fully saturated rings. The zero-order chi connectivity index (χ0) is 17.0. The fourth-order valence-corrected chi connectivity index (χ4v) is 1.99. The first kappa shape index (κ1) is 18.4. The number of ether oxygens (including phenoxy) is 1. The summed E-state index contributed by atoms with van der Waals surface area (Å²) < 4.78 is 45.7. The maximum atomic E-state index is 13.3. The second-order valence-corrected chi connectivity index (χ2v) is 5.06. The molecule has 126 valence electrons. The van der Waals surface area contributed by atoms with Crippen LogP contribution < -0.4 is 0 Å². The molecule has 0 bridgehead atoms. The van der Waals surface area contributed by atoms with Crippen LogP contribution in [0, 0.1) is 0 Å². The Labute approximate surface area is 126 Å². The van der Waals surface area contributed by atoms with Gasteiger partial charge in [-0.3, -0.25) is 4.79 Å². The number of imidazole rings is 1. The van der Waals surface area contributed by atoms with E-state index < -0.39 is 29.9 Å². The van der Waals surface area contributed by atoms with Crippen molar-refractivity contribution >= 4 is 5.91 Å². The first-order valence-electron chi connectivity index (χ1n) is 6.63. The molecule has 1 heterocycles. The van der Waals surface area contributed by atoms with Gasteiger partial charge in [0.2, 0.25) is 11.5 Å². The van der Waals surface area contributed by atoms with Crippen LogP contribution in [-0.2, 0) is 22.2 Å². The van der Waals surface area contributed by atoms with Crippen LogP contribution in [-0.4, -0.2) is 59.0 Å². The summed E-state index contributed by atoms with van der Waals surface area (Å²) in [4.78, 5) is 16.7. The number of methoxy groups -OCH3 is 1. The summed E-state index contributed by atoms with van der Waals surface area (Å²) in [5.41, 5.74) is -3.32. The van der Waals surface area contributed by atoms with Crippen LogP contribution in [0.1, 0.15) is 18.7 Å². The van der Waals surface area contributed by atoms with Gasteiger partial charge in [-0.1, -0.05) is 0 Å². The third-order valence-corrected chi connectivity index (χ3v) is 3.33. The molecule has 22 heavy (non-hydrogen) atoms. The number of rotatable bonds is 7. The van der Waals surface area contributed by atoms with Crippen molar-refractivity contribution in [2.45, 2.75) is 24.6 Å². The molecule has 1 atom stereocenters. The number of alkyl halides is 3. The molecule has 1 aromatic heterocycles. The average Bonchev–Trinajstić information content (AvgIpc) is 2.84. The minimum absolute atomic E-state index is 0.237. The summed E-state index contributed by atoms with van der Waals surface area (Å²) in [6, 6.07) is 0. The van der Waals surface area contributed by atoms with E-state index in [1.54, 1.807) is 0 Å². The molecule has 0 spiro atoms. The van der Waals surface area contributed by atoms with E-state index >= 15 is 0 Å². The van der Waals surface area contributed by atoms with Gasteiger partial charge in [-0.05, 0) is 6.42 Å². The summed E-state index contributed by atoms with van der Waals surface area (Å²) in [5, 5.41) is 10.1. The molecule has 0 aliphatic heterocycles. The Morgan fingerprint density at radius 2 is 2.14 bits per heavy atom. The molecular weight excluding hydrogens is 303 g/mol. The largest absolute Gasteiger partial charge is 0.425 e. The number of aromatic nitrogens is 2. The van der Waals surface area contributed by atoms with Gasteiger partial charge in [0.15, 0.2) is 5.82 Å². The van der Waals surface area contributed by atoms with Crippen LogP contribution in [0.2, 0.25) is 0 Å². The first-order valence-corrected chi connectivity index (χ1v) is 6.63. The molecule has 0 aliphatic rings. The second kappa shape index (κ2) is 7.10. The van der Waals surface area contributed by atoms with E-state index in [4.69, 9.17) is 4.74 Å². The van der Waals surface area contributed by atoms with Gasteiger partial charge < -0.3 is 19.3 Å². The van der Waals surface area contributed by atoms with Crippen molar-refractivity contribution in [3.63, 3.8) is 0 Å². The Morgan fingerprint density at radius 1 is 1.50 bits per heavy atom. The fourth-order valence-electron chi connectivity index (χ4n) is 1.99. The van der Waals surface area contributed by atoms with Crippen molar-refractivity contribution < 1.29 is 27.8 Å². The third kappa shape index (κ3) is 3.98. The third-order valence-electron chi connectivity index (χ3n) is 3.33. The predicted molar refractivity (Wildman–Crippen MR) is 71.9 cm³/mol. The molecule has 1 unspecified atom stereocenters. The quantitative estimate of drug-likeness (QED) is 0.762. The van der Waals surface area contributed by atoms with Gasteiger partial charge >= 0.3 is 6.18 Å². The molecule has 1 N–H and O–H groups in total. The zero-order valence-corrected chi connectivity index (χ0v) is 12.7. The Kier molecular flexibility index (Phi) is 5.95. The van der Waals surface area contributed by atoms with Crippen LogP contribution in [0.5, 0.6) is 0 Å². The number of hydrogen-bond acceptors (Lipinski definition) is 4. The first-order chi connectivity index (χ1) is 10.1. The maximum absolute atomic E-state index is 13.3. The Morgan fingerprint density at radius 3 is 2.59 bits per heavy atom. The van der Waals surface area contributed by atoms with Gasteiger partial charge in [0.05, 0.1) is 6.42 Å². The molecule has 6 nitrogen and oxygen atoms in total. The lowest BCUT2D eigenvalue weighted by Crippen LogP contribution is -2.48. The van der Waals surface area contributed by atoms with Crippen molar-refractivity contribution in [1.82, 2.24) is 14.5 Å². The van der Waals surface area contributed by atoms with E-state index in [0.29, 0.717) is 13.0 Å². The summed E-state index contributed by atoms with van der Waals surface area (Å²) >= 11 is 0. The molecular formula is C13H20F3N3O3.